The van der Waals surface area contributed by atoms with Gasteiger partial charge in [0.05, 0.1) is 5.56 Å². The van der Waals surface area contributed by atoms with E-state index >= 15 is 0 Å². The number of aromatic hydroxyl groups is 1. The molecular formula is C13H14ClNOS. The normalized spacial score (nSPS) is 10.5. The Balaban J connectivity index is 2.61. The van der Waals surface area contributed by atoms with Gasteiger partial charge in [-0.2, -0.15) is 0 Å². The van der Waals surface area contributed by atoms with Gasteiger partial charge < -0.3 is 10.4 Å². The molecule has 0 amide bonds. The molecule has 2 N–H and O–H groups in total. The van der Waals surface area contributed by atoms with Crippen LogP contribution in [0.4, 0.5) is 5.00 Å². The summed E-state index contributed by atoms with van der Waals surface area (Å²) in [6, 6.07) is 7.53. The summed E-state index contributed by atoms with van der Waals surface area (Å²) in [5.41, 5.74) is 1.78. The Hall–Kier alpha value is -1.19. The van der Waals surface area contributed by atoms with E-state index in [-0.39, 0.29) is 0 Å². The van der Waals surface area contributed by atoms with E-state index in [0.717, 1.165) is 27.4 Å². The van der Waals surface area contributed by atoms with E-state index in [1.165, 1.54) is 0 Å². The molecule has 0 aliphatic heterocycles. The number of rotatable bonds is 3. The standard InChI is InChI=1S/C13H14ClNOS/c1-3-10-12(16)11(13(15-2)17-10)8-5-4-6-9(14)7-8/h4-7,15-16H,3H2,1-2H3. The molecule has 4 heteroatoms. The summed E-state index contributed by atoms with van der Waals surface area (Å²) in [6.45, 7) is 2.03. The van der Waals surface area contributed by atoms with Gasteiger partial charge in [-0.3, -0.25) is 0 Å². The first-order chi connectivity index (χ1) is 8.17. The summed E-state index contributed by atoms with van der Waals surface area (Å²) in [6.07, 6.45) is 0.825. The molecule has 17 heavy (non-hydrogen) atoms. The van der Waals surface area contributed by atoms with Crippen LogP contribution in [0.1, 0.15) is 11.8 Å². The van der Waals surface area contributed by atoms with Crippen LogP contribution in [-0.4, -0.2) is 12.2 Å². The molecule has 0 aliphatic carbocycles. The van der Waals surface area contributed by atoms with Crippen LogP contribution >= 0.6 is 22.9 Å². The second-order valence-electron chi connectivity index (χ2n) is 3.69. The Morgan fingerprint density at radius 1 is 1.41 bits per heavy atom. The van der Waals surface area contributed by atoms with Gasteiger partial charge in [0.15, 0.2) is 0 Å². The Bertz CT molecular complexity index is 536. The SMILES string of the molecule is CCc1sc(NC)c(-c2cccc(Cl)c2)c1O. The number of anilines is 1. The molecule has 2 rings (SSSR count). The molecule has 2 nitrogen and oxygen atoms in total. The maximum atomic E-state index is 10.2. The zero-order valence-corrected chi connectivity index (χ0v) is 11.3. The van der Waals surface area contributed by atoms with Crippen molar-refractivity contribution in [1.82, 2.24) is 0 Å². The van der Waals surface area contributed by atoms with Crippen LogP contribution in [0.2, 0.25) is 5.02 Å². The summed E-state index contributed by atoms with van der Waals surface area (Å²) in [7, 11) is 1.86. The lowest BCUT2D eigenvalue weighted by molar-refractivity contribution is 0.474. The molecule has 0 radical (unpaired) electrons. The van der Waals surface area contributed by atoms with Crippen LogP contribution in [0.5, 0.6) is 5.75 Å². The average molecular weight is 268 g/mol. The number of hydrogen-bond donors (Lipinski definition) is 2. The fourth-order valence-electron chi connectivity index (χ4n) is 1.80. The van der Waals surface area contributed by atoms with Gasteiger partial charge in [-0.25, -0.2) is 0 Å². The second kappa shape index (κ2) is 4.98. The Kier molecular flexibility index (Phi) is 3.60. The van der Waals surface area contributed by atoms with E-state index in [9.17, 15) is 5.11 Å². The minimum absolute atomic E-state index is 0.365. The molecule has 1 heterocycles. The smallest absolute Gasteiger partial charge is 0.139 e. The van der Waals surface area contributed by atoms with Crippen LogP contribution < -0.4 is 5.32 Å². The summed E-state index contributed by atoms with van der Waals surface area (Å²) in [5, 5.41) is 15.0. The van der Waals surface area contributed by atoms with E-state index in [4.69, 9.17) is 11.6 Å². The fraction of sp³-hybridized carbons (Fsp3) is 0.231. The van der Waals surface area contributed by atoms with Crippen molar-refractivity contribution in [2.24, 2.45) is 0 Å². The molecule has 0 unspecified atom stereocenters. The van der Waals surface area contributed by atoms with Gasteiger partial charge in [-0.15, -0.1) is 11.3 Å². The third-order valence-corrected chi connectivity index (χ3v) is 4.19. The predicted molar refractivity (Wildman–Crippen MR) is 75.4 cm³/mol. The number of halogens is 1. The van der Waals surface area contributed by atoms with E-state index in [2.05, 4.69) is 5.32 Å². The lowest BCUT2D eigenvalue weighted by Crippen LogP contribution is -1.86. The van der Waals surface area contributed by atoms with Gasteiger partial charge in [-0.1, -0.05) is 30.7 Å². The van der Waals surface area contributed by atoms with Crippen molar-refractivity contribution >= 4 is 27.9 Å². The molecule has 0 spiro atoms. The van der Waals surface area contributed by atoms with Crippen LogP contribution in [0.15, 0.2) is 24.3 Å². The lowest BCUT2D eigenvalue weighted by Gasteiger charge is -2.04. The summed E-state index contributed by atoms with van der Waals surface area (Å²) in [5.74, 6) is 0.365. The lowest BCUT2D eigenvalue weighted by atomic mass is 10.1. The van der Waals surface area contributed by atoms with Gasteiger partial charge in [-0.05, 0) is 24.1 Å². The fourth-order valence-corrected chi connectivity index (χ4v) is 3.00. The van der Waals surface area contributed by atoms with E-state index < -0.39 is 0 Å². The van der Waals surface area contributed by atoms with Crippen molar-refractivity contribution in [1.29, 1.82) is 0 Å². The maximum Gasteiger partial charge on any atom is 0.139 e. The van der Waals surface area contributed by atoms with Gasteiger partial charge in [0.2, 0.25) is 0 Å². The van der Waals surface area contributed by atoms with Crippen molar-refractivity contribution in [3.63, 3.8) is 0 Å². The number of benzene rings is 1. The highest BCUT2D eigenvalue weighted by atomic mass is 35.5. The Morgan fingerprint density at radius 3 is 2.76 bits per heavy atom. The van der Waals surface area contributed by atoms with E-state index in [1.807, 2.05) is 38.2 Å². The van der Waals surface area contributed by atoms with Crippen molar-refractivity contribution in [2.75, 3.05) is 12.4 Å². The number of thiophene rings is 1. The third kappa shape index (κ3) is 2.26. The zero-order valence-electron chi connectivity index (χ0n) is 9.75. The zero-order chi connectivity index (χ0) is 12.4. The monoisotopic (exact) mass is 267 g/mol. The molecule has 0 atom stereocenters. The summed E-state index contributed by atoms with van der Waals surface area (Å²) < 4.78 is 0. The van der Waals surface area contributed by atoms with Crippen molar-refractivity contribution < 1.29 is 5.11 Å². The van der Waals surface area contributed by atoms with Gasteiger partial charge in [0.1, 0.15) is 10.8 Å². The van der Waals surface area contributed by atoms with Crippen LogP contribution in [0.3, 0.4) is 0 Å². The van der Waals surface area contributed by atoms with Gasteiger partial charge in [0, 0.05) is 16.9 Å². The Labute approximate surface area is 110 Å². The van der Waals surface area contributed by atoms with Crippen molar-refractivity contribution in [3.05, 3.63) is 34.2 Å². The highest BCUT2D eigenvalue weighted by Gasteiger charge is 2.17. The quantitative estimate of drug-likeness (QED) is 0.865. The van der Waals surface area contributed by atoms with Crippen molar-refractivity contribution in [3.8, 4) is 16.9 Å². The summed E-state index contributed by atoms with van der Waals surface area (Å²) in [4.78, 5) is 0.990. The van der Waals surface area contributed by atoms with Crippen LogP contribution in [0, 0.1) is 0 Å². The first kappa shape index (κ1) is 12.3. The second-order valence-corrected chi connectivity index (χ2v) is 5.23. The first-order valence-electron chi connectivity index (χ1n) is 5.45. The topological polar surface area (TPSA) is 32.3 Å². The average Bonchev–Trinajstić information content (AvgIpc) is 2.65. The van der Waals surface area contributed by atoms with E-state index in [0.29, 0.717) is 10.8 Å². The largest absolute Gasteiger partial charge is 0.506 e. The Morgan fingerprint density at radius 2 is 2.18 bits per heavy atom. The highest BCUT2D eigenvalue weighted by molar-refractivity contribution is 7.17. The minimum Gasteiger partial charge on any atom is -0.506 e. The third-order valence-electron chi connectivity index (χ3n) is 2.61. The number of hydrogen-bond acceptors (Lipinski definition) is 3. The number of nitrogens with one attached hydrogen (secondary N) is 1. The van der Waals surface area contributed by atoms with Crippen LogP contribution in [-0.2, 0) is 6.42 Å². The molecular weight excluding hydrogens is 254 g/mol. The molecule has 90 valence electrons. The molecule has 0 aliphatic rings. The van der Waals surface area contributed by atoms with Gasteiger partial charge in [0.25, 0.3) is 0 Å². The number of aryl methyl sites for hydroxylation is 1. The summed E-state index contributed by atoms with van der Waals surface area (Å²) >= 11 is 7.57. The minimum atomic E-state index is 0.365. The molecule has 0 saturated heterocycles. The first-order valence-corrected chi connectivity index (χ1v) is 6.65. The van der Waals surface area contributed by atoms with Crippen molar-refractivity contribution in [2.45, 2.75) is 13.3 Å². The predicted octanol–water partition coefficient (Wildman–Crippen LogP) is 4.38. The molecule has 0 fully saturated rings. The highest BCUT2D eigenvalue weighted by Crippen LogP contribution is 2.45. The molecule has 1 aromatic carbocycles. The molecule has 1 aromatic heterocycles. The van der Waals surface area contributed by atoms with Gasteiger partial charge >= 0.3 is 0 Å². The maximum absolute atomic E-state index is 10.2. The molecule has 2 aromatic rings. The molecule has 0 saturated carbocycles. The van der Waals surface area contributed by atoms with Crippen LogP contribution in [0.25, 0.3) is 11.1 Å². The molecule has 0 bridgehead atoms. The van der Waals surface area contributed by atoms with E-state index in [1.54, 1.807) is 11.3 Å².